The highest BCUT2D eigenvalue weighted by atomic mass is 35.5. The predicted octanol–water partition coefficient (Wildman–Crippen LogP) is 2.47. The molecule has 0 heterocycles. The van der Waals surface area contributed by atoms with Crippen molar-refractivity contribution < 1.29 is 0 Å². The van der Waals surface area contributed by atoms with Crippen LogP contribution in [0.5, 0.6) is 0 Å². The van der Waals surface area contributed by atoms with Crippen LogP contribution in [-0.4, -0.2) is 12.5 Å². The van der Waals surface area contributed by atoms with Gasteiger partial charge in [-0.2, -0.15) is 0 Å². The number of hydrogen-bond acceptors (Lipinski definition) is 2. The summed E-state index contributed by atoms with van der Waals surface area (Å²) in [5.74, 6) is 6.52. The first-order chi connectivity index (χ1) is 8.54. The molecule has 4 N–H and O–H groups in total. The summed E-state index contributed by atoms with van der Waals surface area (Å²) in [5.41, 5.74) is 3.59. The molecule has 1 atom stereocenters. The van der Waals surface area contributed by atoms with Gasteiger partial charge in [0.1, 0.15) is 0 Å². The van der Waals surface area contributed by atoms with Crippen molar-refractivity contribution >= 4 is 17.6 Å². The number of nitrogens with zero attached hydrogens (tertiary/aromatic N) is 1. The van der Waals surface area contributed by atoms with Crippen molar-refractivity contribution in [1.29, 1.82) is 0 Å². The summed E-state index contributed by atoms with van der Waals surface area (Å²) in [6.45, 7) is 6.95. The zero-order chi connectivity index (χ0) is 13.5. The number of guanidine groups is 1. The van der Waals surface area contributed by atoms with E-state index in [1.807, 2.05) is 31.2 Å². The lowest BCUT2D eigenvalue weighted by molar-refractivity contribution is 0.643. The minimum atomic E-state index is 0.0423. The van der Waals surface area contributed by atoms with Gasteiger partial charge in [0.25, 0.3) is 0 Å². The summed E-state index contributed by atoms with van der Waals surface area (Å²) >= 11 is 6.14. The summed E-state index contributed by atoms with van der Waals surface area (Å²) in [6, 6.07) is 7.76. The monoisotopic (exact) mass is 268 g/mol. The molecule has 5 heteroatoms. The van der Waals surface area contributed by atoms with Gasteiger partial charge < -0.3 is 5.32 Å². The molecule has 0 radical (unpaired) electrons. The van der Waals surface area contributed by atoms with Crippen LogP contribution in [-0.2, 0) is 0 Å². The Morgan fingerprint density at radius 1 is 1.33 bits per heavy atom. The number of halogens is 1. The Bertz CT molecular complexity index is 404. The maximum atomic E-state index is 6.14. The van der Waals surface area contributed by atoms with Crippen LogP contribution in [0.4, 0.5) is 0 Å². The summed E-state index contributed by atoms with van der Waals surface area (Å²) < 4.78 is 0. The van der Waals surface area contributed by atoms with Crippen molar-refractivity contribution in [2.24, 2.45) is 16.8 Å². The van der Waals surface area contributed by atoms with E-state index >= 15 is 0 Å². The average Bonchev–Trinajstić information content (AvgIpc) is 2.34. The molecule has 0 aliphatic heterocycles. The molecule has 1 aromatic rings. The first-order valence-electron chi connectivity index (χ1n) is 6.06. The number of rotatable bonds is 4. The van der Waals surface area contributed by atoms with E-state index < -0.39 is 0 Å². The first kappa shape index (κ1) is 14.8. The highest BCUT2D eigenvalue weighted by Crippen LogP contribution is 2.21. The van der Waals surface area contributed by atoms with Crippen LogP contribution in [0.3, 0.4) is 0 Å². The third-order valence-corrected chi connectivity index (χ3v) is 2.82. The van der Waals surface area contributed by atoms with Crippen LogP contribution < -0.4 is 16.6 Å². The summed E-state index contributed by atoms with van der Waals surface area (Å²) in [4.78, 5) is 4.36. The van der Waals surface area contributed by atoms with E-state index in [0.717, 1.165) is 17.1 Å². The Morgan fingerprint density at radius 2 is 2.00 bits per heavy atom. The second-order valence-electron chi connectivity index (χ2n) is 4.62. The average molecular weight is 269 g/mol. The summed E-state index contributed by atoms with van der Waals surface area (Å²) in [7, 11) is 0. The molecule has 0 fully saturated rings. The molecule has 1 unspecified atom stereocenters. The van der Waals surface area contributed by atoms with Gasteiger partial charge in [0.05, 0.1) is 6.04 Å². The van der Waals surface area contributed by atoms with Crippen molar-refractivity contribution in [3.05, 3.63) is 34.9 Å². The highest BCUT2D eigenvalue weighted by molar-refractivity contribution is 6.31. The molecule has 0 bridgehead atoms. The number of benzene rings is 1. The van der Waals surface area contributed by atoms with E-state index in [-0.39, 0.29) is 6.04 Å². The van der Waals surface area contributed by atoms with E-state index in [1.54, 1.807) is 0 Å². The normalized spacial score (nSPS) is 13.6. The lowest BCUT2D eigenvalue weighted by Crippen LogP contribution is -2.43. The van der Waals surface area contributed by atoms with Gasteiger partial charge in [-0.1, -0.05) is 43.6 Å². The maximum Gasteiger partial charge on any atom is 0.206 e. The van der Waals surface area contributed by atoms with Crippen molar-refractivity contribution in [2.75, 3.05) is 6.54 Å². The van der Waals surface area contributed by atoms with Gasteiger partial charge in [-0.15, -0.1) is 0 Å². The smallest absolute Gasteiger partial charge is 0.206 e. The number of aliphatic imine (C=N–C) groups is 1. The number of nitrogens with two attached hydrogens (primary N) is 1. The van der Waals surface area contributed by atoms with Crippen LogP contribution in [0.1, 0.15) is 32.4 Å². The molecule has 0 aliphatic rings. The Balaban J connectivity index is 2.71. The number of hydrogen-bond donors (Lipinski definition) is 3. The third-order valence-electron chi connectivity index (χ3n) is 2.48. The molecular formula is C13H21ClN4. The van der Waals surface area contributed by atoms with E-state index in [4.69, 9.17) is 17.4 Å². The van der Waals surface area contributed by atoms with E-state index in [2.05, 4.69) is 29.6 Å². The van der Waals surface area contributed by atoms with Crippen LogP contribution in [0.25, 0.3) is 0 Å². The Hall–Kier alpha value is -1.26. The predicted molar refractivity (Wildman–Crippen MR) is 77.5 cm³/mol. The van der Waals surface area contributed by atoms with Crippen LogP contribution in [0.2, 0.25) is 5.02 Å². The number of nitrogens with one attached hydrogen (secondary N) is 2. The SMILES string of the molecule is CC(C)CN=C(NN)NC(C)c1ccccc1Cl. The van der Waals surface area contributed by atoms with Gasteiger partial charge in [0, 0.05) is 11.6 Å². The van der Waals surface area contributed by atoms with Crippen molar-refractivity contribution in [2.45, 2.75) is 26.8 Å². The van der Waals surface area contributed by atoms with Gasteiger partial charge in [0.2, 0.25) is 5.96 Å². The first-order valence-corrected chi connectivity index (χ1v) is 6.44. The van der Waals surface area contributed by atoms with Crippen LogP contribution in [0.15, 0.2) is 29.3 Å². The van der Waals surface area contributed by atoms with Crippen LogP contribution >= 0.6 is 11.6 Å². The largest absolute Gasteiger partial charge is 0.349 e. The molecule has 0 aliphatic carbocycles. The fraction of sp³-hybridized carbons (Fsp3) is 0.462. The molecule has 18 heavy (non-hydrogen) atoms. The molecule has 1 rings (SSSR count). The van der Waals surface area contributed by atoms with Crippen molar-refractivity contribution in [1.82, 2.24) is 10.7 Å². The number of hydrazine groups is 1. The second kappa shape index (κ2) is 7.24. The van der Waals surface area contributed by atoms with Crippen molar-refractivity contribution in [3.8, 4) is 0 Å². The molecule has 0 spiro atoms. The highest BCUT2D eigenvalue weighted by Gasteiger charge is 2.10. The van der Waals surface area contributed by atoms with Gasteiger partial charge >= 0.3 is 0 Å². The molecule has 4 nitrogen and oxygen atoms in total. The molecule has 0 amide bonds. The summed E-state index contributed by atoms with van der Waals surface area (Å²) in [5, 5.41) is 3.94. The van der Waals surface area contributed by atoms with Gasteiger partial charge in [-0.3, -0.25) is 10.4 Å². The second-order valence-corrected chi connectivity index (χ2v) is 5.02. The Kier molecular flexibility index (Phi) is 5.95. The Labute approximate surface area is 114 Å². The zero-order valence-corrected chi connectivity index (χ0v) is 11.8. The lowest BCUT2D eigenvalue weighted by atomic mass is 10.1. The maximum absolute atomic E-state index is 6.14. The standard InChI is InChI=1S/C13H21ClN4/c1-9(2)8-16-13(18-15)17-10(3)11-6-4-5-7-12(11)14/h4-7,9-10H,8,15H2,1-3H3,(H2,16,17,18). The Morgan fingerprint density at radius 3 is 2.56 bits per heavy atom. The third kappa shape index (κ3) is 4.55. The molecule has 0 saturated heterocycles. The van der Waals surface area contributed by atoms with Crippen molar-refractivity contribution in [3.63, 3.8) is 0 Å². The lowest BCUT2D eigenvalue weighted by Gasteiger charge is -2.18. The minimum Gasteiger partial charge on any atom is -0.349 e. The summed E-state index contributed by atoms with van der Waals surface area (Å²) in [6.07, 6.45) is 0. The van der Waals surface area contributed by atoms with Gasteiger partial charge in [0.15, 0.2) is 0 Å². The molecule has 1 aromatic carbocycles. The van der Waals surface area contributed by atoms with Crippen LogP contribution in [0, 0.1) is 5.92 Å². The van der Waals surface area contributed by atoms with Gasteiger partial charge in [-0.25, -0.2) is 5.84 Å². The fourth-order valence-corrected chi connectivity index (χ4v) is 1.82. The zero-order valence-electron chi connectivity index (χ0n) is 11.1. The quantitative estimate of drug-likeness (QED) is 0.340. The molecule has 100 valence electrons. The van der Waals surface area contributed by atoms with E-state index in [0.29, 0.717) is 11.9 Å². The van der Waals surface area contributed by atoms with E-state index in [9.17, 15) is 0 Å². The van der Waals surface area contributed by atoms with E-state index in [1.165, 1.54) is 0 Å². The topological polar surface area (TPSA) is 62.4 Å². The minimum absolute atomic E-state index is 0.0423. The molecular weight excluding hydrogens is 248 g/mol. The fourth-order valence-electron chi connectivity index (χ4n) is 1.52. The van der Waals surface area contributed by atoms with Gasteiger partial charge in [-0.05, 0) is 24.5 Å². The molecule has 0 aromatic heterocycles. The molecule has 0 saturated carbocycles.